The van der Waals surface area contributed by atoms with Gasteiger partial charge in [-0.25, -0.2) is 13.1 Å². The van der Waals surface area contributed by atoms with Crippen molar-refractivity contribution in [1.82, 2.24) is 9.62 Å². The summed E-state index contributed by atoms with van der Waals surface area (Å²) in [6.07, 6.45) is -0.570. The molecule has 4 nitrogen and oxygen atoms in total. The molecular weight excluding hydrogens is 564 g/mol. The normalized spacial score (nSPS) is 20.2. The molecule has 2 atom stereocenters. The van der Waals surface area contributed by atoms with E-state index < -0.39 is 25.0 Å². The lowest BCUT2D eigenvalue weighted by atomic mass is 9.97. The SMILES string of the molecule is CC(I)S(=O)(=O)N[C@H]1Cc2ccc(Cc3cc(CN4CCCC4)cc(C(F)(F)F)c3)cc2C1. The molecule has 180 valence electrons. The van der Waals surface area contributed by atoms with Crippen LogP contribution in [0.2, 0.25) is 0 Å². The summed E-state index contributed by atoms with van der Waals surface area (Å²) in [5, 5.41) is 0. The maximum absolute atomic E-state index is 13.5. The average Bonchev–Trinajstić information content (AvgIpc) is 3.35. The van der Waals surface area contributed by atoms with Gasteiger partial charge >= 0.3 is 6.18 Å². The lowest BCUT2D eigenvalue weighted by molar-refractivity contribution is -0.137. The molecule has 1 aliphatic heterocycles. The maximum atomic E-state index is 13.5. The van der Waals surface area contributed by atoms with Crippen molar-refractivity contribution < 1.29 is 21.6 Å². The van der Waals surface area contributed by atoms with Crippen LogP contribution in [0.25, 0.3) is 0 Å². The Morgan fingerprint density at radius 1 is 1.03 bits per heavy atom. The summed E-state index contributed by atoms with van der Waals surface area (Å²) in [4.78, 5) is 2.20. The van der Waals surface area contributed by atoms with Gasteiger partial charge in [-0.05, 0) is 92.1 Å². The van der Waals surface area contributed by atoms with Crippen LogP contribution in [0.15, 0.2) is 36.4 Å². The third kappa shape index (κ3) is 6.29. The van der Waals surface area contributed by atoms with Crippen LogP contribution in [0.1, 0.15) is 53.1 Å². The highest BCUT2D eigenvalue weighted by atomic mass is 127. The highest BCUT2D eigenvalue weighted by Crippen LogP contribution is 2.32. The van der Waals surface area contributed by atoms with Gasteiger partial charge in [-0.2, -0.15) is 13.2 Å². The van der Waals surface area contributed by atoms with Crippen molar-refractivity contribution in [2.45, 2.75) is 61.0 Å². The summed E-state index contributed by atoms with van der Waals surface area (Å²) in [5.74, 6) is 0. The van der Waals surface area contributed by atoms with Crippen molar-refractivity contribution in [3.05, 3.63) is 69.8 Å². The Morgan fingerprint density at radius 2 is 1.70 bits per heavy atom. The average molecular weight is 592 g/mol. The fraction of sp³-hybridized carbons (Fsp3) is 0.500. The first-order valence-corrected chi connectivity index (χ1v) is 14.0. The Hall–Kier alpha value is -1.17. The number of hydrogen-bond donors (Lipinski definition) is 1. The van der Waals surface area contributed by atoms with Crippen molar-refractivity contribution in [2.75, 3.05) is 13.1 Å². The van der Waals surface area contributed by atoms with Crippen LogP contribution in [-0.4, -0.2) is 35.7 Å². The van der Waals surface area contributed by atoms with E-state index in [0.29, 0.717) is 36.9 Å². The van der Waals surface area contributed by atoms with Gasteiger partial charge in [0.2, 0.25) is 10.0 Å². The zero-order valence-electron chi connectivity index (χ0n) is 18.5. The monoisotopic (exact) mass is 592 g/mol. The number of nitrogens with one attached hydrogen (secondary N) is 1. The minimum absolute atomic E-state index is 0.182. The molecule has 2 aromatic carbocycles. The Kier molecular flexibility index (Phi) is 7.43. The number of likely N-dealkylation sites (tertiary alicyclic amines) is 1. The van der Waals surface area contributed by atoms with E-state index in [2.05, 4.69) is 9.62 Å². The topological polar surface area (TPSA) is 49.4 Å². The molecule has 1 saturated heterocycles. The number of hydrogen-bond acceptors (Lipinski definition) is 3. The number of rotatable bonds is 7. The van der Waals surface area contributed by atoms with Crippen LogP contribution in [0.4, 0.5) is 13.2 Å². The van der Waals surface area contributed by atoms with Crippen molar-refractivity contribution in [3.8, 4) is 0 Å². The molecule has 1 fully saturated rings. The molecule has 0 spiro atoms. The molecule has 0 aromatic heterocycles. The van der Waals surface area contributed by atoms with Crippen molar-refractivity contribution in [3.63, 3.8) is 0 Å². The Bertz CT molecular complexity index is 1110. The Labute approximate surface area is 207 Å². The zero-order chi connectivity index (χ0) is 23.8. The first-order valence-electron chi connectivity index (χ1n) is 11.2. The first kappa shape index (κ1) is 24.9. The summed E-state index contributed by atoms with van der Waals surface area (Å²) in [7, 11) is -3.37. The summed E-state index contributed by atoms with van der Waals surface area (Å²) in [6, 6.07) is 10.2. The Morgan fingerprint density at radius 3 is 2.36 bits per heavy atom. The minimum Gasteiger partial charge on any atom is -0.299 e. The second-order valence-corrected chi connectivity index (χ2v) is 13.9. The van der Waals surface area contributed by atoms with Crippen LogP contribution < -0.4 is 4.72 Å². The third-order valence-electron chi connectivity index (χ3n) is 6.35. The van der Waals surface area contributed by atoms with E-state index in [0.717, 1.165) is 42.6 Å². The van der Waals surface area contributed by atoms with E-state index in [1.165, 1.54) is 12.1 Å². The van der Waals surface area contributed by atoms with Gasteiger partial charge < -0.3 is 0 Å². The van der Waals surface area contributed by atoms with Gasteiger partial charge in [0.1, 0.15) is 3.26 Å². The summed E-state index contributed by atoms with van der Waals surface area (Å²) < 4.78 is 67.3. The predicted octanol–water partition coefficient (Wildman–Crippen LogP) is 5.06. The second kappa shape index (κ2) is 9.83. The molecule has 0 bridgehead atoms. The molecule has 4 rings (SSSR count). The van der Waals surface area contributed by atoms with Gasteiger partial charge in [0, 0.05) is 12.6 Å². The smallest absolute Gasteiger partial charge is 0.299 e. The molecule has 9 heteroatoms. The molecule has 2 aromatic rings. The molecule has 0 radical (unpaired) electrons. The number of sulfonamides is 1. The Balaban J connectivity index is 1.52. The van der Waals surface area contributed by atoms with Gasteiger partial charge in [0.15, 0.2) is 0 Å². The largest absolute Gasteiger partial charge is 0.416 e. The van der Waals surface area contributed by atoms with Gasteiger partial charge in [-0.3, -0.25) is 4.90 Å². The van der Waals surface area contributed by atoms with Gasteiger partial charge in [0.25, 0.3) is 0 Å². The number of alkyl halides is 4. The van der Waals surface area contributed by atoms with E-state index >= 15 is 0 Å². The van der Waals surface area contributed by atoms with E-state index in [4.69, 9.17) is 0 Å². The predicted molar refractivity (Wildman–Crippen MR) is 132 cm³/mol. The highest BCUT2D eigenvalue weighted by molar-refractivity contribution is 14.1. The van der Waals surface area contributed by atoms with Crippen LogP contribution in [-0.2, 0) is 42.0 Å². The third-order valence-corrected chi connectivity index (χ3v) is 9.88. The minimum atomic E-state index is -4.38. The van der Waals surface area contributed by atoms with Gasteiger partial charge in [0.05, 0.1) is 5.56 Å². The highest BCUT2D eigenvalue weighted by Gasteiger charge is 2.32. The van der Waals surface area contributed by atoms with Crippen LogP contribution in [0.3, 0.4) is 0 Å². The van der Waals surface area contributed by atoms with Gasteiger partial charge in [-0.1, -0.05) is 46.9 Å². The van der Waals surface area contributed by atoms with E-state index in [9.17, 15) is 21.6 Å². The quantitative estimate of drug-likeness (QED) is 0.362. The zero-order valence-corrected chi connectivity index (χ0v) is 21.4. The molecule has 0 saturated carbocycles. The fourth-order valence-corrected chi connectivity index (χ4v) is 6.00. The summed E-state index contributed by atoms with van der Waals surface area (Å²) in [5.41, 5.74) is 3.83. The molecule has 1 heterocycles. The molecule has 1 N–H and O–H groups in total. The molecule has 0 amide bonds. The fourth-order valence-electron chi connectivity index (χ4n) is 4.75. The molecular formula is C24H28F3IN2O2S. The standard InChI is InChI=1S/C24H28F3IN2O2S/c1-16(28)33(31,32)29-23-13-20-5-4-17(10-21(20)14-23)8-18-9-19(15-30-6-2-3-7-30)12-22(11-18)24(25,26)27/h4-5,9-12,16,23,29H,2-3,6-8,13-15H2,1H3/t16?,23-/m0/s1. The number of halogens is 4. The van der Waals surface area contributed by atoms with E-state index in [1.54, 1.807) is 6.92 Å². The second-order valence-electron chi connectivity index (χ2n) is 9.11. The van der Waals surface area contributed by atoms with Crippen LogP contribution >= 0.6 is 22.6 Å². The summed E-state index contributed by atoms with van der Waals surface area (Å²) >= 11 is 1.88. The molecule has 2 aliphatic rings. The van der Waals surface area contributed by atoms with E-state index in [-0.39, 0.29) is 6.04 Å². The van der Waals surface area contributed by atoms with Crippen molar-refractivity contribution in [2.24, 2.45) is 0 Å². The number of fused-ring (bicyclic) bond motifs is 1. The van der Waals surface area contributed by atoms with E-state index in [1.807, 2.05) is 46.9 Å². The van der Waals surface area contributed by atoms with Crippen LogP contribution in [0, 0.1) is 0 Å². The molecule has 1 aliphatic carbocycles. The maximum Gasteiger partial charge on any atom is 0.416 e. The summed E-state index contributed by atoms with van der Waals surface area (Å²) in [6.45, 7) is 4.03. The lowest BCUT2D eigenvalue weighted by Gasteiger charge is -2.18. The first-order chi connectivity index (χ1) is 15.5. The van der Waals surface area contributed by atoms with Crippen LogP contribution in [0.5, 0.6) is 0 Å². The van der Waals surface area contributed by atoms with Crippen molar-refractivity contribution in [1.29, 1.82) is 0 Å². The lowest BCUT2D eigenvalue weighted by Crippen LogP contribution is -2.38. The molecule has 33 heavy (non-hydrogen) atoms. The van der Waals surface area contributed by atoms with Gasteiger partial charge in [-0.15, -0.1) is 0 Å². The van der Waals surface area contributed by atoms with Crippen molar-refractivity contribution >= 4 is 32.6 Å². The number of benzene rings is 2. The number of nitrogens with zero attached hydrogens (tertiary/aromatic N) is 1. The molecule has 1 unspecified atom stereocenters.